The standard InChI is InChI=1S/C7H8S.C5H10O3/c1-6-2-4-7(8)5-3-6;6-3-5-4-7-1-2-8-5/h2-5,8H,1H3;5-6H,1-4H2. The van der Waals surface area contributed by atoms with Crippen LogP contribution in [0.15, 0.2) is 29.2 Å². The van der Waals surface area contributed by atoms with Crippen LogP contribution in [0.4, 0.5) is 0 Å². The highest BCUT2D eigenvalue weighted by Gasteiger charge is 2.11. The Bertz CT molecular complexity index is 260. The molecule has 1 atom stereocenters. The van der Waals surface area contributed by atoms with E-state index in [2.05, 4.69) is 19.6 Å². The smallest absolute Gasteiger partial charge is 0.104 e. The van der Waals surface area contributed by atoms with Crippen molar-refractivity contribution in [3.63, 3.8) is 0 Å². The zero-order valence-corrected chi connectivity index (χ0v) is 10.3. The summed E-state index contributed by atoms with van der Waals surface area (Å²) < 4.78 is 10.0. The van der Waals surface area contributed by atoms with Crippen LogP contribution in [0.1, 0.15) is 5.56 Å². The van der Waals surface area contributed by atoms with Gasteiger partial charge in [-0.2, -0.15) is 0 Å². The van der Waals surface area contributed by atoms with E-state index >= 15 is 0 Å². The van der Waals surface area contributed by atoms with Crippen LogP contribution in [0.3, 0.4) is 0 Å². The predicted octanol–water partition coefficient (Wildman–Crippen LogP) is 1.68. The lowest BCUT2D eigenvalue weighted by Gasteiger charge is -2.20. The van der Waals surface area contributed by atoms with Crippen LogP contribution in [0, 0.1) is 6.92 Å². The van der Waals surface area contributed by atoms with Gasteiger partial charge in [0.15, 0.2) is 0 Å². The van der Waals surface area contributed by atoms with Crippen LogP contribution in [0.5, 0.6) is 0 Å². The highest BCUT2D eigenvalue weighted by atomic mass is 32.1. The monoisotopic (exact) mass is 242 g/mol. The number of hydrogen-bond acceptors (Lipinski definition) is 4. The number of aliphatic hydroxyl groups is 1. The zero-order valence-electron chi connectivity index (χ0n) is 9.43. The minimum atomic E-state index is -0.0799. The molecule has 1 aliphatic rings. The summed E-state index contributed by atoms with van der Waals surface area (Å²) in [4.78, 5) is 1.02. The first-order chi connectivity index (χ1) is 7.72. The van der Waals surface area contributed by atoms with E-state index < -0.39 is 0 Å². The van der Waals surface area contributed by atoms with Gasteiger partial charge in [0.25, 0.3) is 0 Å². The van der Waals surface area contributed by atoms with Gasteiger partial charge in [-0.1, -0.05) is 17.7 Å². The second-order valence-electron chi connectivity index (χ2n) is 3.59. The Morgan fingerprint density at radius 2 is 2.00 bits per heavy atom. The molecule has 0 spiro atoms. The quantitative estimate of drug-likeness (QED) is 0.736. The van der Waals surface area contributed by atoms with Gasteiger partial charge >= 0.3 is 0 Å². The molecule has 4 heteroatoms. The summed E-state index contributed by atoms with van der Waals surface area (Å²) in [6, 6.07) is 8.06. The second-order valence-corrected chi connectivity index (χ2v) is 4.10. The van der Waals surface area contributed by atoms with Crippen LogP contribution < -0.4 is 0 Å². The summed E-state index contributed by atoms with van der Waals surface area (Å²) >= 11 is 4.13. The molecule has 90 valence electrons. The number of ether oxygens (including phenoxy) is 2. The highest BCUT2D eigenvalue weighted by molar-refractivity contribution is 7.80. The third kappa shape index (κ3) is 5.51. The van der Waals surface area contributed by atoms with E-state index in [1.807, 2.05) is 24.3 Å². The van der Waals surface area contributed by atoms with E-state index in [0.717, 1.165) is 4.90 Å². The first kappa shape index (κ1) is 13.5. The Hall–Kier alpha value is -0.550. The maximum absolute atomic E-state index is 8.49. The van der Waals surface area contributed by atoms with Crippen LogP contribution in [0.2, 0.25) is 0 Å². The minimum absolute atomic E-state index is 0.0694. The van der Waals surface area contributed by atoms with Gasteiger partial charge in [0.1, 0.15) is 6.10 Å². The first-order valence-corrected chi connectivity index (χ1v) is 5.73. The molecule has 16 heavy (non-hydrogen) atoms. The predicted molar refractivity (Wildman–Crippen MR) is 66.1 cm³/mol. The Morgan fingerprint density at radius 3 is 2.38 bits per heavy atom. The lowest BCUT2D eigenvalue weighted by atomic mass is 10.2. The molecular formula is C12H18O3S. The van der Waals surface area contributed by atoms with Crippen LogP contribution in [-0.2, 0) is 9.47 Å². The Kier molecular flexibility index (Phi) is 6.49. The molecule has 0 amide bonds. The lowest BCUT2D eigenvalue weighted by molar-refractivity contribution is -0.105. The van der Waals surface area contributed by atoms with Gasteiger partial charge in [-0.3, -0.25) is 0 Å². The van der Waals surface area contributed by atoms with Gasteiger partial charge in [0, 0.05) is 4.90 Å². The summed E-state index contributed by atoms with van der Waals surface area (Å²) in [6.07, 6.45) is -0.0799. The number of rotatable bonds is 1. The Morgan fingerprint density at radius 1 is 1.31 bits per heavy atom. The summed E-state index contributed by atoms with van der Waals surface area (Å²) in [7, 11) is 0. The molecule has 3 nitrogen and oxygen atoms in total. The average Bonchev–Trinajstić information content (AvgIpc) is 2.35. The van der Waals surface area contributed by atoms with Crippen molar-refractivity contribution in [1.29, 1.82) is 0 Å². The second kappa shape index (κ2) is 7.68. The van der Waals surface area contributed by atoms with Crippen molar-refractivity contribution in [2.75, 3.05) is 26.4 Å². The fraction of sp³-hybridized carbons (Fsp3) is 0.500. The molecule has 1 unspecified atom stereocenters. The van der Waals surface area contributed by atoms with Crippen molar-refractivity contribution in [3.05, 3.63) is 29.8 Å². The van der Waals surface area contributed by atoms with Crippen molar-refractivity contribution in [2.45, 2.75) is 17.9 Å². The maximum atomic E-state index is 8.49. The summed E-state index contributed by atoms with van der Waals surface area (Å²) in [5, 5.41) is 8.49. The molecule has 1 aromatic carbocycles. The van der Waals surface area contributed by atoms with Gasteiger partial charge < -0.3 is 14.6 Å². The highest BCUT2D eigenvalue weighted by Crippen LogP contribution is 2.05. The summed E-state index contributed by atoms with van der Waals surface area (Å²) in [6.45, 7) is 3.95. The van der Waals surface area contributed by atoms with E-state index in [9.17, 15) is 0 Å². The van der Waals surface area contributed by atoms with Crippen molar-refractivity contribution in [3.8, 4) is 0 Å². The van der Waals surface area contributed by atoms with Crippen molar-refractivity contribution < 1.29 is 14.6 Å². The summed E-state index contributed by atoms with van der Waals surface area (Å²) in [5.74, 6) is 0. The molecular weight excluding hydrogens is 224 g/mol. The number of benzene rings is 1. The molecule has 0 bridgehead atoms. The van der Waals surface area contributed by atoms with Crippen LogP contribution >= 0.6 is 12.6 Å². The van der Waals surface area contributed by atoms with Crippen LogP contribution in [0.25, 0.3) is 0 Å². The van der Waals surface area contributed by atoms with E-state index in [4.69, 9.17) is 14.6 Å². The van der Waals surface area contributed by atoms with Crippen molar-refractivity contribution in [2.24, 2.45) is 0 Å². The molecule has 0 aromatic heterocycles. The van der Waals surface area contributed by atoms with Crippen molar-refractivity contribution in [1.82, 2.24) is 0 Å². The van der Waals surface area contributed by atoms with E-state index in [1.54, 1.807) is 0 Å². The molecule has 2 rings (SSSR count). The zero-order chi connectivity index (χ0) is 11.8. The number of hydrogen-bond donors (Lipinski definition) is 2. The third-order valence-electron chi connectivity index (χ3n) is 2.12. The number of thiol groups is 1. The maximum Gasteiger partial charge on any atom is 0.104 e. The van der Waals surface area contributed by atoms with Gasteiger partial charge in [-0.05, 0) is 19.1 Å². The topological polar surface area (TPSA) is 38.7 Å². The van der Waals surface area contributed by atoms with Gasteiger partial charge in [0.05, 0.1) is 26.4 Å². The van der Waals surface area contributed by atoms with Gasteiger partial charge in [-0.15, -0.1) is 12.6 Å². The summed E-state index contributed by atoms with van der Waals surface area (Å²) in [5.41, 5.74) is 1.28. The average molecular weight is 242 g/mol. The normalized spacial score (nSPS) is 19.8. The Balaban J connectivity index is 0.000000160. The fourth-order valence-corrected chi connectivity index (χ4v) is 1.34. The SMILES string of the molecule is Cc1ccc(S)cc1.OCC1COCCO1. The largest absolute Gasteiger partial charge is 0.394 e. The molecule has 0 saturated carbocycles. The third-order valence-corrected chi connectivity index (χ3v) is 2.42. The van der Waals surface area contributed by atoms with Crippen LogP contribution in [-0.4, -0.2) is 37.6 Å². The Labute approximate surface area is 102 Å². The fourth-order valence-electron chi connectivity index (χ4n) is 1.19. The van der Waals surface area contributed by atoms with E-state index in [-0.39, 0.29) is 12.7 Å². The molecule has 1 saturated heterocycles. The molecule has 1 fully saturated rings. The molecule has 1 aromatic rings. The van der Waals surface area contributed by atoms with Gasteiger partial charge in [-0.25, -0.2) is 0 Å². The molecule has 0 aliphatic carbocycles. The minimum Gasteiger partial charge on any atom is -0.394 e. The molecule has 1 heterocycles. The molecule has 1 aliphatic heterocycles. The van der Waals surface area contributed by atoms with Gasteiger partial charge in [0.2, 0.25) is 0 Å². The van der Waals surface area contributed by atoms with E-state index in [1.165, 1.54) is 5.56 Å². The first-order valence-electron chi connectivity index (χ1n) is 5.28. The lowest BCUT2D eigenvalue weighted by Crippen LogP contribution is -2.31. The van der Waals surface area contributed by atoms with Crippen molar-refractivity contribution >= 4 is 12.6 Å². The number of aryl methyl sites for hydroxylation is 1. The van der Waals surface area contributed by atoms with E-state index in [0.29, 0.717) is 19.8 Å². The molecule has 0 radical (unpaired) electrons. The molecule has 1 N–H and O–H groups in total. The number of aliphatic hydroxyl groups excluding tert-OH is 1.